The normalized spacial score (nSPS) is 22.6. The molecule has 0 amide bonds. The minimum atomic E-state index is -3.30. The number of rotatable bonds is 4. The van der Waals surface area contributed by atoms with Crippen molar-refractivity contribution in [1.82, 2.24) is 15.1 Å². The fourth-order valence-electron chi connectivity index (χ4n) is 3.53. The molecule has 1 aromatic carbocycles. The molecule has 7 heteroatoms. The van der Waals surface area contributed by atoms with Crippen LogP contribution in [0.4, 0.5) is 0 Å². The van der Waals surface area contributed by atoms with Crippen LogP contribution in [-0.2, 0) is 21.8 Å². The number of H-pyrrole nitrogens is 1. The first-order valence-corrected chi connectivity index (χ1v) is 9.91. The summed E-state index contributed by atoms with van der Waals surface area (Å²) in [6.45, 7) is 4.60. The lowest BCUT2D eigenvalue weighted by molar-refractivity contribution is 0.145. The van der Waals surface area contributed by atoms with Crippen LogP contribution in [0.2, 0.25) is 0 Å². The van der Waals surface area contributed by atoms with Crippen molar-refractivity contribution in [3.05, 3.63) is 41.7 Å². The number of hydrogen-bond donors (Lipinski definition) is 2. The molecule has 6 nitrogen and oxygen atoms in total. The number of phenols is 1. The van der Waals surface area contributed by atoms with Gasteiger partial charge in [-0.1, -0.05) is 19.1 Å². The topological polar surface area (TPSA) is 86.3 Å². The van der Waals surface area contributed by atoms with E-state index < -0.39 is 9.84 Å². The number of piperidine rings is 1. The molecule has 24 heavy (non-hydrogen) atoms. The van der Waals surface area contributed by atoms with E-state index in [0.29, 0.717) is 10.6 Å². The van der Waals surface area contributed by atoms with Gasteiger partial charge in [0.25, 0.3) is 0 Å². The number of aromatic hydroxyl groups is 1. The molecule has 130 valence electrons. The quantitative estimate of drug-likeness (QED) is 0.882. The van der Waals surface area contributed by atoms with Crippen molar-refractivity contribution in [1.29, 1.82) is 0 Å². The Morgan fingerprint density at radius 3 is 2.71 bits per heavy atom. The SMILES string of the molecule is CC1(c2[nH]ncc2S(C)(=O)=O)CCCN(Cc2ccc(O)cc2)C1. The van der Waals surface area contributed by atoms with Crippen LogP contribution in [0.1, 0.15) is 31.0 Å². The van der Waals surface area contributed by atoms with Crippen molar-refractivity contribution in [2.24, 2.45) is 0 Å². The van der Waals surface area contributed by atoms with Gasteiger partial charge in [-0.15, -0.1) is 0 Å². The standard InChI is InChI=1S/C17H23N3O3S/c1-17(16-15(10-18-19-16)24(2,22)23)8-3-9-20(12-17)11-13-4-6-14(21)7-5-13/h4-7,10,21H,3,8-9,11-12H2,1-2H3,(H,18,19). The van der Waals surface area contributed by atoms with Crippen molar-refractivity contribution in [2.45, 2.75) is 36.6 Å². The van der Waals surface area contributed by atoms with Gasteiger partial charge in [-0.05, 0) is 37.1 Å². The molecule has 0 bridgehead atoms. The van der Waals surface area contributed by atoms with Crippen molar-refractivity contribution in [3.8, 4) is 5.75 Å². The van der Waals surface area contributed by atoms with E-state index in [2.05, 4.69) is 22.0 Å². The van der Waals surface area contributed by atoms with Gasteiger partial charge in [0, 0.05) is 24.8 Å². The maximum absolute atomic E-state index is 12.0. The Balaban J connectivity index is 1.82. The first-order valence-electron chi connectivity index (χ1n) is 8.02. The zero-order valence-corrected chi connectivity index (χ0v) is 14.8. The summed E-state index contributed by atoms with van der Waals surface area (Å²) in [5.41, 5.74) is 1.56. The second kappa shape index (κ2) is 6.22. The van der Waals surface area contributed by atoms with Gasteiger partial charge in [-0.25, -0.2) is 8.42 Å². The smallest absolute Gasteiger partial charge is 0.178 e. The van der Waals surface area contributed by atoms with E-state index in [4.69, 9.17) is 0 Å². The van der Waals surface area contributed by atoms with Gasteiger partial charge < -0.3 is 5.11 Å². The van der Waals surface area contributed by atoms with Gasteiger partial charge in [-0.3, -0.25) is 10.00 Å². The summed E-state index contributed by atoms with van der Waals surface area (Å²) < 4.78 is 24.0. The zero-order valence-electron chi connectivity index (χ0n) is 14.0. The van der Waals surface area contributed by atoms with Gasteiger partial charge in [0.05, 0.1) is 11.9 Å². The summed E-state index contributed by atoms with van der Waals surface area (Å²) in [5, 5.41) is 16.3. The van der Waals surface area contributed by atoms with Crippen LogP contribution in [0.15, 0.2) is 35.4 Å². The average Bonchev–Trinajstić information content (AvgIpc) is 3.00. The summed E-state index contributed by atoms with van der Waals surface area (Å²) in [4.78, 5) is 2.62. The lowest BCUT2D eigenvalue weighted by Gasteiger charge is -2.40. The van der Waals surface area contributed by atoms with E-state index in [1.165, 1.54) is 12.5 Å². The van der Waals surface area contributed by atoms with Gasteiger partial charge in [0.1, 0.15) is 10.6 Å². The van der Waals surface area contributed by atoms with Gasteiger partial charge >= 0.3 is 0 Å². The third kappa shape index (κ3) is 3.47. The average molecular weight is 349 g/mol. The molecular weight excluding hydrogens is 326 g/mol. The molecule has 0 saturated carbocycles. The van der Waals surface area contributed by atoms with Crippen LogP contribution in [-0.4, -0.2) is 48.0 Å². The van der Waals surface area contributed by atoms with Crippen LogP contribution >= 0.6 is 0 Å². The number of nitrogens with zero attached hydrogens (tertiary/aromatic N) is 2. The van der Waals surface area contributed by atoms with Crippen molar-refractivity contribution in [2.75, 3.05) is 19.3 Å². The third-order valence-corrected chi connectivity index (χ3v) is 5.83. The number of hydrogen-bond acceptors (Lipinski definition) is 5. The molecule has 1 unspecified atom stereocenters. The number of nitrogens with one attached hydrogen (secondary N) is 1. The number of aromatic nitrogens is 2. The second-order valence-electron chi connectivity index (χ2n) is 6.92. The fraction of sp³-hybridized carbons (Fsp3) is 0.471. The Kier molecular flexibility index (Phi) is 4.40. The highest BCUT2D eigenvalue weighted by Crippen LogP contribution is 2.36. The number of likely N-dealkylation sites (tertiary alicyclic amines) is 1. The first kappa shape index (κ1) is 17.0. The van der Waals surface area contributed by atoms with E-state index in [9.17, 15) is 13.5 Å². The highest BCUT2D eigenvalue weighted by atomic mass is 32.2. The highest BCUT2D eigenvalue weighted by molar-refractivity contribution is 7.90. The van der Waals surface area contributed by atoms with E-state index in [-0.39, 0.29) is 11.2 Å². The van der Waals surface area contributed by atoms with Gasteiger partial charge in [-0.2, -0.15) is 5.10 Å². The van der Waals surface area contributed by atoms with Crippen molar-refractivity contribution < 1.29 is 13.5 Å². The Morgan fingerprint density at radius 2 is 2.04 bits per heavy atom. The minimum Gasteiger partial charge on any atom is -0.508 e. The molecule has 0 radical (unpaired) electrons. The summed E-state index contributed by atoms with van der Waals surface area (Å²) in [7, 11) is -3.30. The van der Waals surface area contributed by atoms with Crippen LogP contribution in [0.5, 0.6) is 5.75 Å². The minimum absolute atomic E-state index is 0.262. The lowest BCUT2D eigenvalue weighted by Crippen LogP contribution is -2.44. The van der Waals surface area contributed by atoms with Gasteiger partial charge in [0.2, 0.25) is 0 Å². The molecule has 2 aromatic rings. The molecule has 2 heterocycles. The number of sulfone groups is 1. The molecule has 1 fully saturated rings. The number of aromatic amines is 1. The maximum Gasteiger partial charge on any atom is 0.178 e. The summed E-state index contributed by atoms with van der Waals surface area (Å²) >= 11 is 0. The maximum atomic E-state index is 12.0. The third-order valence-electron chi connectivity index (χ3n) is 4.73. The van der Waals surface area contributed by atoms with Gasteiger partial charge in [0.15, 0.2) is 9.84 Å². The predicted molar refractivity (Wildman–Crippen MR) is 91.7 cm³/mol. The molecule has 1 aliphatic rings. The van der Waals surface area contributed by atoms with E-state index >= 15 is 0 Å². The van der Waals surface area contributed by atoms with E-state index in [0.717, 1.165) is 38.0 Å². The molecule has 1 aliphatic heterocycles. The monoisotopic (exact) mass is 349 g/mol. The highest BCUT2D eigenvalue weighted by Gasteiger charge is 2.37. The van der Waals surface area contributed by atoms with E-state index in [1.54, 1.807) is 12.1 Å². The Morgan fingerprint density at radius 1 is 1.33 bits per heavy atom. The molecule has 0 spiro atoms. The Bertz CT molecular complexity index is 814. The summed E-state index contributed by atoms with van der Waals surface area (Å²) in [6.07, 6.45) is 4.55. The number of benzene rings is 1. The summed E-state index contributed by atoms with van der Waals surface area (Å²) in [6, 6.07) is 7.21. The second-order valence-corrected chi connectivity index (χ2v) is 8.91. The summed E-state index contributed by atoms with van der Waals surface area (Å²) in [5.74, 6) is 0.262. The Hall–Kier alpha value is -1.86. The van der Waals surface area contributed by atoms with Crippen LogP contribution in [0.3, 0.4) is 0 Å². The molecule has 0 aliphatic carbocycles. The zero-order chi connectivity index (χ0) is 17.4. The molecule has 1 aromatic heterocycles. The Labute approximate surface area is 142 Å². The van der Waals surface area contributed by atoms with E-state index in [1.807, 2.05) is 12.1 Å². The predicted octanol–water partition coefficient (Wildman–Crippen LogP) is 2.07. The van der Waals surface area contributed by atoms with Crippen molar-refractivity contribution >= 4 is 9.84 Å². The van der Waals surface area contributed by atoms with Crippen molar-refractivity contribution in [3.63, 3.8) is 0 Å². The number of phenolic OH excluding ortho intramolecular Hbond substituents is 1. The van der Waals surface area contributed by atoms with Crippen LogP contribution < -0.4 is 0 Å². The molecule has 1 saturated heterocycles. The molecule has 2 N–H and O–H groups in total. The largest absolute Gasteiger partial charge is 0.508 e. The van der Waals surface area contributed by atoms with Crippen LogP contribution in [0.25, 0.3) is 0 Å². The fourth-order valence-corrected chi connectivity index (χ4v) is 4.44. The molecule has 1 atom stereocenters. The first-order chi connectivity index (χ1) is 11.3. The lowest BCUT2D eigenvalue weighted by atomic mass is 9.79. The molecular formula is C17H23N3O3S. The van der Waals surface area contributed by atoms with Crippen LogP contribution in [0, 0.1) is 0 Å². The molecule has 3 rings (SSSR count).